The first-order valence-electron chi connectivity index (χ1n) is 18.5. The molecule has 0 bridgehead atoms. The van der Waals surface area contributed by atoms with E-state index in [0.717, 1.165) is 47.3 Å². The SMILES string of the molecule is COc1ccc2c(O[C@@H]3C[C@H]4C(=O)N[C@]5(C(=O)NS(=O)(=O)C6CC6)C[C@H]5/C=C\CCCCC[C@H](N)C(=O)N4C3)cc(-c3nc(C(C)C)cs3)nc2c1C. The number of rotatable bonds is 8. The standard InChI is InChI=1S/C38H48N6O7S2/c1-21(2)29-20-52-35(41-29)28-17-32(26-14-15-31(50-4)22(3)33(26)40-28)51-24-16-30-34(45)42-38(37(47)43-53(48,49)25-12-13-25)18-23(38)10-8-6-5-7-9-11-27(39)36(46)44(30)19-24/h8,10,14-15,17,20-21,23-25,27,30H,5-7,9,11-13,16,18-19,39H2,1-4H3,(H,42,45)(H,43,47)/b10-8-/t23-,24-,27+,30+,38-/m1/s1. The monoisotopic (exact) mass is 764 g/mol. The lowest BCUT2D eigenvalue weighted by molar-refractivity contribution is -0.140. The Kier molecular flexibility index (Phi) is 10.3. The average Bonchev–Trinajstić information content (AvgIpc) is 4.00. The molecule has 2 aliphatic heterocycles. The maximum Gasteiger partial charge on any atom is 0.259 e. The summed E-state index contributed by atoms with van der Waals surface area (Å²) in [7, 11) is -2.24. The van der Waals surface area contributed by atoms with Gasteiger partial charge in [-0.3, -0.25) is 19.1 Å². The number of carbonyl (C=O) groups is 3. The van der Waals surface area contributed by atoms with Crippen LogP contribution >= 0.6 is 11.3 Å². The molecule has 7 rings (SSSR count). The summed E-state index contributed by atoms with van der Waals surface area (Å²) in [4.78, 5) is 53.2. The predicted octanol–water partition coefficient (Wildman–Crippen LogP) is 4.48. The van der Waals surface area contributed by atoms with Crippen LogP contribution in [0.3, 0.4) is 0 Å². The van der Waals surface area contributed by atoms with Gasteiger partial charge in [0, 0.05) is 34.7 Å². The first kappa shape index (κ1) is 37.2. The van der Waals surface area contributed by atoms with Gasteiger partial charge in [0.25, 0.3) is 5.91 Å². The van der Waals surface area contributed by atoms with Gasteiger partial charge in [-0.25, -0.2) is 18.4 Å². The van der Waals surface area contributed by atoms with Gasteiger partial charge in [0.15, 0.2) is 0 Å². The molecule has 0 radical (unpaired) electrons. The maximum absolute atomic E-state index is 14.3. The number of pyridine rings is 1. The van der Waals surface area contributed by atoms with Crippen molar-refractivity contribution < 1.29 is 32.3 Å². The number of allylic oxidation sites excluding steroid dienone is 1. The van der Waals surface area contributed by atoms with Crippen LogP contribution < -0.4 is 25.2 Å². The van der Waals surface area contributed by atoms with Gasteiger partial charge in [-0.05, 0) is 63.5 Å². The molecule has 5 atom stereocenters. The van der Waals surface area contributed by atoms with Crippen molar-refractivity contribution in [2.24, 2.45) is 11.7 Å². The van der Waals surface area contributed by atoms with Crippen LogP contribution in [0.5, 0.6) is 11.5 Å². The van der Waals surface area contributed by atoms with Crippen LogP contribution in [0.2, 0.25) is 0 Å². The Morgan fingerprint density at radius 2 is 1.92 bits per heavy atom. The van der Waals surface area contributed by atoms with E-state index in [4.69, 9.17) is 25.2 Å². The molecule has 2 aliphatic carbocycles. The number of methoxy groups -OCH3 is 1. The molecule has 2 aromatic heterocycles. The second-order valence-electron chi connectivity index (χ2n) is 15.1. The van der Waals surface area contributed by atoms with Gasteiger partial charge in [0.2, 0.25) is 21.8 Å². The fourth-order valence-electron chi connectivity index (χ4n) is 7.40. The summed E-state index contributed by atoms with van der Waals surface area (Å²) >= 11 is 1.50. The molecule has 3 amide bonds. The summed E-state index contributed by atoms with van der Waals surface area (Å²) in [6.07, 6.45) is 8.38. The minimum atomic E-state index is -3.85. The summed E-state index contributed by atoms with van der Waals surface area (Å²) in [6.45, 7) is 6.19. The van der Waals surface area contributed by atoms with E-state index < -0.39 is 50.8 Å². The highest BCUT2D eigenvalue weighted by atomic mass is 32.2. The van der Waals surface area contributed by atoms with Gasteiger partial charge < -0.3 is 25.4 Å². The molecular weight excluding hydrogens is 717 g/mol. The number of carbonyl (C=O) groups excluding carboxylic acids is 3. The summed E-state index contributed by atoms with van der Waals surface area (Å²) in [5, 5.41) is 5.82. The number of sulfonamides is 1. The lowest BCUT2D eigenvalue weighted by atomic mass is 10.1. The van der Waals surface area contributed by atoms with E-state index in [1.165, 1.54) is 16.2 Å². The van der Waals surface area contributed by atoms with Crippen molar-refractivity contribution in [1.82, 2.24) is 24.9 Å². The first-order valence-corrected chi connectivity index (χ1v) is 21.0. The van der Waals surface area contributed by atoms with Crippen LogP contribution in [0.25, 0.3) is 21.6 Å². The third kappa shape index (κ3) is 7.52. The number of ether oxygens (including phenoxy) is 2. The molecule has 15 heteroatoms. The first-order chi connectivity index (χ1) is 25.3. The molecule has 4 N–H and O–H groups in total. The highest BCUT2D eigenvalue weighted by Crippen LogP contribution is 2.46. The zero-order valence-electron chi connectivity index (χ0n) is 30.6. The quantitative estimate of drug-likeness (QED) is 0.277. The van der Waals surface area contributed by atoms with Crippen LogP contribution in [0.4, 0.5) is 0 Å². The van der Waals surface area contributed by atoms with E-state index in [1.807, 2.05) is 42.7 Å². The number of nitrogens with zero attached hydrogens (tertiary/aromatic N) is 3. The van der Waals surface area contributed by atoms with Crippen LogP contribution in [-0.4, -0.2) is 83.6 Å². The number of fused-ring (bicyclic) bond motifs is 3. The van der Waals surface area contributed by atoms with E-state index in [0.29, 0.717) is 42.0 Å². The summed E-state index contributed by atoms with van der Waals surface area (Å²) in [6, 6.07) is 3.77. The van der Waals surface area contributed by atoms with Crippen LogP contribution in [0, 0.1) is 12.8 Å². The number of amides is 3. The van der Waals surface area contributed by atoms with Gasteiger partial charge in [-0.1, -0.05) is 38.8 Å². The predicted molar refractivity (Wildman–Crippen MR) is 202 cm³/mol. The lowest BCUT2D eigenvalue weighted by Gasteiger charge is -2.28. The molecule has 53 heavy (non-hydrogen) atoms. The third-order valence-electron chi connectivity index (χ3n) is 10.9. The molecule has 3 fully saturated rings. The fourth-order valence-corrected chi connectivity index (χ4v) is 9.70. The Labute approximate surface area is 314 Å². The van der Waals surface area contributed by atoms with Crippen molar-refractivity contribution in [1.29, 1.82) is 0 Å². The van der Waals surface area contributed by atoms with E-state index in [2.05, 4.69) is 23.9 Å². The van der Waals surface area contributed by atoms with Gasteiger partial charge in [-0.15, -0.1) is 11.3 Å². The Morgan fingerprint density at radius 3 is 2.64 bits per heavy atom. The number of nitrogens with one attached hydrogen (secondary N) is 2. The van der Waals surface area contributed by atoms with Gasteiger partial charge >= 0.3 is 0 Å². The third-order valence-corrected chi connectivity index (χ3v) is 13.6. The topological polar surface area (TPSA) is 183 Å². The zero-order chi connectivity index (χ0) is 37.7. The van der Waals surface area contributed by atoms with Crippen LogP contribution in [0.1, 0.15) is 88.8 Å². The summed E-state index contributed by atoms with van der Waals surface area (Å²) < 4.78 is 40.2. The Hall–Kier alpha value is -4.08. The Bertz CT molecular complexity index is 2060. The molecule has 4 aliphatic rings. The summed E-state index contributed by atoms with van der Waals surface area (Å²) in [5.74, 6) is -0.601. The zero-order valence-corrected chi connectivity index (χ0v) is 32.2. The van der Waals surface area contributed by atoms with E-state index in [1.54, 1.807) is 7.11 Å². The smallest absolute Gasteiger partial charge is 0.259 e. The number of thiazole rings is 1. The van der Waals surface area contributed by atoms with Crippen molar-refractivity contribution in [3.05, 3.63) is 47.0 Å². The van der Waals surface area contributed by atoms with E-state index in [-0.39, 0.29) is 37.1 Å². The largest absolute Gasteiger partial charge is 0.496 e. The fraction of sp³-hybridized carbons (Fsp3) is 0.553. The number of aromatic nitrogens is 2. The lowest BCUT2D eigenvalue weighted by Crippen LogP contribution is -2.57. The van der Waals surface area contributed by atoms with Gasteiger partial charge in [-0.2, -0.15) is 0 Å². The number of benzene rings is 1. The number of hydrogen-bond acceptors (Lipinski definition) is 11. The van der Waals surface area contributed by atoms with Gasteiger partial charge in [0.1, 0.15) is 39.9 Å². The Morgan fingerprint density at radius 1 is 1.13 bits per heavy atom. The second-order valence-corrected chi connectivity index (χ2v) is 17.9. The Balaban J connectivity index is 1.21. The number of hydrogen-bond donors (Lipinski definition) is 3. The molecule has 3 aromatic rings. The van der Waals surface area contributed by atoms with E-state index in [9.17, 15) is 22.8 Å². The van der Waals surface area contributed by atoms with Crippen molar-refractivity contribution in [2.75, 3.05) is 13.7 Å². The van der Waals surface area contributed by atoms with E-state index >= 15 is 0 Å². The van der Waals surface area contributed by atoms with Crippen molar-refractivity contribution in [3.8, 4) is 22.2 Å². The number of nitrogens with two attached hydrogens (primary N) is 1. The highest BCUT2D eigenvalue weighted by molar-refractivity contribution is 7.91. The molecule has 13 nitrogen and oxygen atoms in total. The minimum absolute atomic E-state index is 0.0895. The molecule has 0 unspecified atom stereocenters. The van der Waals surface area contributed by atoms with Crippen molar-refractivity contribution >= 4 is 50.0 Å². The average molecular weight is 765 g/mol. The van der Waals surface area contributed by atoms with Crippen LogP contribution in [-0.2, 0) is 24.4 Å². The van der Waals surface area contributed by atoms with Crippen molar-refractivity contribution in [3.63, 3.8) is 0 Å². The minimum Gasteiger partial charge on any atom is -0.496 e. The summed E-state index contributed by atoms with van der Waals surface area (Å²) in [5.41, 5.74) is 8.13. The molecule has 284 valence electrons. The molecule has 2 saturated carbocycles. The molecule has 1 aromatic carbocycles. The normalized spacial score (nSPS) is 27.3. The molecular formula is C38H48N6O7S2. The molecule has 1 saturated heterocycles. The molecule has 0 spiro atoms. The number of aryl methyl sites for hydroxylation is 1. The maximum atomic E-state index is 14.3. The second kappa shape index (κ2) is 14.6. The van der Waals surface area contributed by atoms with Crippen molar-refractivity contribution in [2.45, 2.75) is 113 Å². The molecule has 4 heterocycles. The van der Waals surface area contributed by atoms with Gasteiger partial charge in [0.05, 0.1) is 36.2 Å². The van der Waals surface area contributed by atoms with Crippen LogP contribution in [0.15, 0.2) is 35.7 Å². The highest BCUT2D eigenvalue weighted by Gasteiger charge is 2.62.